The Morgan fingerprint density at radius 3 is 2.32 bits per heavy atom. The van der Waals surface area contributed by atoms with Crippen LogP contribution in [0.3, 0.4) is 0 Å². The summed E-state index contributed by atoms with van der Waals surface area (Å²) in [6, 6.07) is 18.9. The van der Waals surface area contributed by atoms with Crippen molar-refractivity contribution in [1.29, 1.82) is 0 Å². The lowest BCUT2D eigenvalue weighted by Crippen LogP contribution is -2.30. The second-order valence-corrected chi connectivity index (χ2v) is 6.86. The minimum absolute atomic E-state index is 0.0228. The first-order chi connectivity index (χ1) is 15.0. The molecule has 0 radical (unpaired) electrons. The van der Waals surface area contributed by atoms with E-state index in [1.807, 2.05) is 6.92 Å². The van der Waals surface area contributed by atoms with Gasteiger partial charge in [0.15, 0.2) is 0 Å². The number of ether oxygens (including phenoxy) is 1. The second-order valence-electron chi connectivity index (χ2n) is 6.46. The summed E-state index contributed by atoms with van der Waals surface area (Å²) < 4.78 is 18.6. The smallest absolute Gasteiger partial charge is 0.272 e. The van der Waals surface area contributed by atoms with E-state index in [2.05, 4.69) is 10.6 Å². The van der Waals surface area contributed by atoms with Crippen LogP contribution >= 0.6 is 11.6 Å². The van der Waals surface area contributed by atoms with E-state index in [9.17, 15) is 14.0 Å². The predicted octanol–water partition coefficient (Wildman–Crippen LogP) is 5.29. The monoisotopic (exact) mass is 438 g/mol. The molecule has 3 aromatic rings. The molecule has 0 fully saturated rings. The number of hydrogen-bond acceptors (Lipinski definition) is 3. The molecule has 0 aliphatic heterocycles. The molecule has 2 amide bonds. The molecule has 31 heavy (non-hydrogen) atoms. The third-order valence-electron chi connectivity index (χ3n) is 4.22. The Morgan fingerprint density at radius 2 is 1.68 bits per heavy atom. The topological polar surface area (TPSA) is 67.4 Å². The summed E-state index contributed by atoms with van der Waals surface area (Å²) in [5, 5.41) is 5.58. The third kappa shape index (κ3) is 6.17. The normalized spacial score (nSPS) is 11.0. The number of carbonyl (C=O) groups excluding carboxylic acids is 2. The van der Waals surface area contributed by atoms with Crippen molar-refractivity contribution in [3.8, 4) is 5.75 Å². The summed E-state index contributed by atoms with van der Waals surface area (Å²) in [5.41, 5.74) is 1.26. The lowest BCUT2D eigenvalue weighted by atomic mass is 10.1. The highest BCUT2D eigenvalue weighted by Crippen LogP contribution is 2.18. The summed E-state index contributed by atoms with van der Waals surface area (Å²) in [5.74, 6) is -0.818. The van der Waals surface area contributed by atoms with Gasteiger partial charge in [0.25, 0.3) is 11.8 Å². The molecular weight excluding hydrogens is 419 g/mol. The van der Waals surface area contributed by atoms with Crippen molar-refractivity contribution in [3.05, 3.63) is 100 Å². The Bertz CT molecular complexity index is 1100. The Hall–Kier alpha value is -3.64. The van der Waals surface area contributed by atoms with E-state index in [0.717, 1.165) is 0 Å². The van der Waals surface area contributed by atoms with Gasteiger partial charge < -0.3 is 15.4 Å². The Morgan fingerprint density at radius 1 is 1.00 bits per heavy atom. The quantitative estimate of drug-likeness (QED) is 0.493. The van der Waals surface area contributed by atoms with E-state index in [1.165, 1.54) is 30.3 Å². The largest absolute Gasteiger partial charge is 0.494 e. The van der Waals surface area contributed by atoms with Crippen LogP contribution in [0, 0.1) is 5.82 Å². The van der Waals surface area contributed by atoms with Crippen molar-refractivity contribution in [1.82, 2.24) is 5.32 Å². The van der Waals surface area contributed by atoms with Gasteiger partial charge in [-0.3, -0.25) is 9.59 Å². The van der Waals surface area contributed by atoms with Crippen LogP contribution in [0.1, 0.15) is 22.8 Å². The maximum Gasteiger partial charge on any atom is 0.272 e. The van der Waals surface area contributed by atoms with Crippen molar-refractivity contribution >= 4 is 35.2 Å². The van der Waals surface area contributed by atoms with Gasteiger partial charge in [0.2, 0.25) is 0 Å². The highest BCUT2D eigenvalue weighted by molar-refractivity contribution is 6.34. The molecule has 2 N–H and O–H groups in total. The zero-order valence-corrected chi connectivity index (χ0v) is 17.4. The molecule has 0 unspecified atom stereocenters. The average Bonchev–Trinajstić information content (AvgIpc) is 2.76. The number of amides is 2. The van der Waals surface area contributed by atoms with Gasteiger partial charge in [-0.2, -0.15) is 0 Å². The van der Waals surface area contributed by atoms with Crippen LogP contribution in [0.5, 0.6) is 5.75 Å². The number of benzene rings is 3. The first kappa shape index (κ1) is 22.1. The minimum atomic E-state index is -0.547. The molecule has 3 rings (SSSR count). The van der Waals surface area contributed by atoms with Gasteiger partial charge in [0.1, 0.15) is 17.3 Å². The van der Waals surface area contributed by atoms with Gasteiger partial charge in [-0.1, -0.05) is 35.9 Å². The molecule has 0 atom stereocenters. The molecule has 0 aromatic heterocycles. The molecule has 0 saturated carbocycles. The highest BCUT2D eigenvalue weighted by Gasteiger charge is 2.17. The van der Waals surface area contributed by atoms with E-state index < -0.39 is 17.6 Å². The third-order valence-corrected chi connectivity index (χ3v) is 4.55. The summed E-state index contributed by atoms with van der Waals surface area (Å²) in [6.07, 6.45) is 1.46. The molecule has 3 aromatic carbocycles. The fourth-order valence-corrected chi connectivity index (χ4v) is 2.94. The first-order valence-electron chi connectivity index (χ1n) is 9.53. The second kappa shape index (κ2) is 10.4. The van der Waals surface area contributed by atoms with E-state index in [-0.39, 0.29) is 16.3 Å². The van der Waals surface area contributed by atoms with Gasteiger partial charge >= 0.3 is 0 Å². The summed E-state index contributed by atoms with van der Waals surface area (Å²) in [6.45, 7) is 2.41. The number of anilines is 1. The fraction of sp³-hybridized carbons (Fsp3) is 0.0833. The van der Waals surface area contributed by atoms with Crippen molar-refractivity contribution < 1.29 is 18.7 Å². The Balaban J connectivity index is 1.85. The van der Waals surface area contributed by atoms with E-state index in [1.54, 1.807) is 48.5 Å². The molecule has 7 heteroatoms. The molecule has 0 spiro atoms. The Labute approximate surface area is 184 Å². The van der Waals surface area contributed by atoms with Crippen LogP contribution in [0.4, 0.5) is 10.1 Å². The zero-order valence-electron chi connectivity index (χ0n) is 16.7. The predicted molar refractivity (Wildman–Crippen MR) is 120 cm³/mol. The number of nitrogens with one attached hydrogen (secondary N) is 2. The van der Waals surface area contributed by atoms with Crippen molar-refractivity contribution in [2.45, 2.75) is 6.92 Å². The van der Waals surface area contributed by atoms with Gasteiger partial charge in [-0.05, 0) is 67.1 Å². The van der Waals surface area contributed by atoms with E-state index in [4.69, 9.17) is 16.3 Å². The van der Waals surface area contributed by atoms with Crippen LogP contribution < -0.4 is 15.4 Å². The van der Waals surface area contributed by atoms with Crippen LogP contribution in [-0.4, -0.2) is 18.4 Å². The van der Waals surface area contributed by atoms with E-state index in [0.29, 0.717) is 23.6 Å². The fourth-order valence-electron chi connectivity index (χ4n) is 2.72. The van der Waals surface area contributed by atoms with Gasteiger partial charge in [0, 0.05) is 5.69 Å². The number of hydrogen-bond donors (Lipinski definition) is 2. The molecule has 0 aliphatic carbocycles. The highest BCUT2D eigenvalue weighted by atomic mass is 35.5. The molecule has 0 aliphatic rings. The lowest BCUT2D eigenvalue weighted by molar-refractivity contribution is -0.113. The van der Waals surface area contributed by atoms with Gasteiger partial charge in [-0.25, -0.2) is 4.39 Å². The lowest BCUT2D eigenvalue weighted by Gasteiger charge is -2.12. The van der Waals surface area contributed by atoms with Crippen LogP contribution in [0.15, 0.2) is 78.5 Å². The van der Waals surface area contributed by atoms with E-state index >= 15 is 0 Å². The van der Waals surface area contributed by atoms with Crippen LogP contribution in [-0.2, 0) is 4.79 Å². The molecule has 158 valence electrons. The maximum absolute atomic E-state index is 13.2. The molecule has 5 nitrogen and oxygen atoms in total. The standard InChI is InChI=1S/C24H20ClFN2O3/c1-2-31-19-13-11-18(12-14-19)27-24(30)22(15-16-7-9-17(26)10-8-16)28-23(29)20-5-3-4-6-21(20)25/h3-15H,2H2,1H3,(H,27,30)(H,28,29)/b22-15-. The van der Waals surface area contributed by atoms with Gasteiger partial charge in [0.05, 0.1) is 17.2 Å². The summed E-state index contributed by atoms with van der Waals surface area (Å²) in [7, 11) is 0. The van der Waals surface area contributed by atoms with Crippen molar-refractivity contribution in [2.75, 3.05) is 11.9 Å². The SMILES string of the molecule is CCOc1ccc(NC(=O)/C(=C/c2ccc(F)cc2)NC(=O)c2ccccc2Cl)cc1. The summed E-state index contributed by atoms with van der Waals surface area (Å²) >= 11 is 6.10. The van der Waals surface area contributed by atoms with Crippen molar-refractivity contribution in [2.24, 2.45) is 0 Å². The van der Waals surface area contributed by atoms with Crippen molar-refractivity contribution in [3.63, 3.8) is 0 Å². The van der Waals surface area contributed by atoms with Crippen LogP contribution in [0.25, 0.3) is 6.08 Å². The molecule has 0 saturated heterocycles. The number of halogens is 2. The molecular formula is C24H20ClFN2O3. The molecule has 0 heterocycles. The minimum Gasteiger partial charge on any atom is -0.494 e. The van der Waals surface area contributed by atoms with Gasteiger partial charge in [-0.15, -0.1) is 0 Å². The van der Waals surface area contributed by atoms with Crippen LogP contribution in [0.2, 0.25) is 5.02 Å². The average molecular weight is 439 g/mol. The first-order valence-corrected chi connectivity index (χ1v) is 9.91. The number of rotatable bonds is 7. The Kier molecular flexibility index (Phi) is 7.40. The summed E-state index contributed by atoms with van der Waals surface area (Å²) in [4.78, 5) is 25.6. The molecule has 0 bridgehead atoms. The maximum atomic E-state index is 13.2. The number of carbonyl (C=O) groups is 2. The zero-order chi connectivity index (χ0) is 22.2.